The van der Waals surface area contributed by atoms with Crippen LogP contribution in [0.3, 0.4) is 0 Å². The van der Waals surface area contributed by atoms with Gasteiger partial charge in [-0.2, -0.15) is 8.42 Å². The molecule has 1 fully saturated rings. The van der Waals surface area contributed by atoms with Crippen LogP contribution in [0.2, 0.25) is 0 Å². The molecule has 0 unspecified atom stereocenters. The lowest BCUT2D eigenvalue weighted by molar-refractivity contribution is 0.490. The highest BCUT2D eigenvalue weighted by atomic mass is 32.2. The van der Waals surface area contributed by atoms with E-state index >= 15 is 0 Å². The number of aromatic nitrogens is 1. The lowest BCUT2D eigenvalue weighted by atomic mass is 10.1. The number of hydrogen-bond donors (Lipinski definition) is 3. The third kappa shape index (κ3) is 3.38. The molecule has 0 spiro atoms. The van der Waals surface area contributed by atoms with Gasteiger partial charge < -0.3 is 5.73 Å². The van der Waals surface area contributed by atoms with Crippen molar-refractivity contribution in [3.63, 3.8) is 0 Å². The fourth-order valence-electron chi connectivity index (χ4n) is 2.28. The number of nitrogens with one attached hydrogen (secondary N) is 1. The Bertz CT molecular complexity index is 759. The summed E-state index contributed by atoms with van der Waals surface area (Å²) in [6, 6.07) is 10.8. The Hall–Kier alpha value is -1.96. The number of rotatable bonds is 4. The number of anilines is 1. The maximum absolute atomic E-state index is 10.8. The Kier molecular flexibility index (Phi) is 3.40. The number of hydrogen-bond acceptors (Lipinski definition) is 4. The smallest absolute Gasteiger partial charge is 0.327 e. The van der Waals surface area contributed by atoms with Gasteiger partial charge in [0.25, 0.3) is 0 Å². The zero-order valence-corrected chi connectivity index (χ0v) is 11.9. The fraction of sp³-hybridized carbons (Fsp3) is 0.214. The number of nitrogens with zero attached hydrogens (tertiary/aromatic N) is 1. The van der Waals surface area contributed by atoms with Crippen molar-refractivity contribution in [1.82, 2.24) is 4.98 Å². The monoisotopic (exact) mass is 305 g/mol. The summed E-state index contributed by atoms with van der Waals surface area (Å²) in [6.45, 7) is 0. The van der Waals surface area contributed by atoms with Gasteiger partial charge in [0.05, 0.1) is 11.4 Å². The van der Waals surface area contributed by atoms with E-state index in [0.717, 1.165) is 23.2 Å². The van der Waals surface area contributed by atoms with Crippen molar-refractivity contribution in [3.05, 3.63) is 48.2 Å². The van der Waals surface area contributed by atoms with Crippen molar-refractivity contribution < 1.29 is 13.0 Å². The van der Waals surface area contributed by atoms with Crippen LogP contribution in [0.25, 0.3) is 11.3 Å². The van der Waals surface area contributed by atoms with Crippen LogP contribution in [0.1, 0.15) is 17.9 Å². The number of nitrogens with two attached hydrogens (primary N) is 1. The van der Waals surface area contributed by atoms with Crippen molar-refractivity contribution in [2.75, 3.05) is 4.72 Å². The normalized spacial score (nSPS) is 21.0. The zero-order valence-electron chi connectivity index (χ0n) is 11.1. The first-order valence-electron chi connectivity index (χ1n) is 6.49. The Morgan fingerprint density at radius 2 is 2.05 bits per heavy atom. The largest absolute Gasteiger partial charge is 0.357 e. The topological polar surface area (TPSA) is 105 Å². The molecular formula is C14H15N3O3S. The molecule has 110 valence electrons. The molecule has 1 aromatic carbocycles. The highest BCUT2D eigenvalue weighted by Gasteiger charge is 2.34. The number of pyridine rings is 1. The average Bonchev–Trinajstić information content (AvgIpc) is 3.14. The molecule has 0 bridgehead atoms. The van der Waals surface area contributed by atoms with Crippen LogP contribution in [-0.2, 0) is 10.3 Å². The molecule has 0 amide bonds. The van der Waals surface area contributed by atoms with E-state index in [4.69, 9.17) is 10.3 Å². The van der Waals surface area contributed by atoms with Gasteiger partial charge in [0.1, 0.15) is 0 Å². The van der Waals surface area contributed by atoms with E-state index in [0.29, 0.717) is 5.92 Å². The average molecular weight is 305 g/mol. The zero-order chi connectivity index (χ0) is 15.0. The third-order valence-corrected chi connectivity index (χ3v) is 3.95. The van der Waals surface area contributed by atoms with E-state index in [9.17, 15) is 8.42 Å². The van der Waals surface area contributed by atoms with E-state index < -0.39 is 10.3 Å². The second kappa shape index (κ2) is 5.10. The summed E-state index contributed by atoms with van der Waals surface area (Å²) in [5.41, 5.74) is 8.70. The van der Waals surface area contributed by atoms with Gasteiger partial charge in [0.15, 0.2) is 0 Å². The Labute approximate surface area is 122 Å². The Balaban J connectivity index is 1.84. The van der Waals surface area contributed by atoms with E-state index in [-0.39, 0.29) is 11.7 Å². The minimum absolute atomic E-state index is 0.236. The molecule has 0 radical (unpaired) electrons. The van der Waals surface area contributed by atoms with E-state index in [1.54, 1.807) is 24.4 Å². The van der Waals surface area contributed by atoms with E-state index in [1.807, 2.05) is 22.9 Å². The quantitative estimate of drug-likeness (QED) is 0.747. The van der Waals surface area contributed by atoms with Gasteiger partial charge in [-0.25, -0.2) is 0 Å². The first kappa shape index (κ1) is 14.0. The Morgan fingerprint density at radius 1 is 1.29 bits per heavy atom. The van der Waals surface area contributed by atoms with Crippen molar-refractivity contribution in [2.24, 2.45) is 5.73 Å². The highest BCUT2D eigenvalue weighted by Crippen LogP contribution is 2.38. The van der Waals surface area contributed by atoms with E-state index in [1.165, 1.54) is 0 Å². The van der Waals surface area contributed by atoms with Crippen LogP contribution in [0.4, 0.5) is 5.69 Å². The summed E-state index contributed by atoms with van der Waals surface area (Å²) < 4.78 is 32.5. The van der Waals surface area contributed by atoms with Crippen molar-refractivity contribution in [3.8, 4) is 11.3 Å². The molecular weight excluding hydrogens is 290 g/mol. The molecule has 1 aromatic heterocycles. The molecule has 3 rings (SSSR count). The van der Waals surface area contributed by atoms with Crippen LogP contribution in [-0.4, -0.2) is 24.0 Å². The van der Waals surface area contributed by atoms with Gasteiger partial charge >= 0.3 is 10.3 Å². The maximum atomic E-state index is 10.8. The lowest BCUT2D eigenvalue weighted by Gasteiger charge is -2.06. The van der Waals surface area contributed by atoms with Gasteiger partial charge in [-0.15, -0.1) is 0 Å². The summed E-state index contributed by atoms with van der Waals surface area (Å²) in [5, 5.41) is 0. The minimum Gasteiger partial charge on any atom is -0.327 e. The number of benzene rings is 1. The molecule has 6 nitrogen and oxygen atoms in total. The molecule has 0 aliphatic heterocycles. The second-order valence-electron chi connectivity index (χ2n) is 5.14. The van der Waals surface area contributed by atoms with Gasteiger partial charge in [-0.1, -0.05) is 18.2 Å². The standard InChI is InChI=1S/C14H15N3O3S/c15-13-7-12(13)10-4-5-14(16-8-10)9-2-1-3-11(6-9)17-21(18,19)20/h1-6,8,12-13,17H,7,15H2,(H,18,19,20)/t12-,13+/m0/s1. The molecule has 4 N–H and O–H groups in total. The third-order valence-electron chi connectivity index (χ3n) is 3.46. The molecule has 1 heterocycles. The maximum Gasteiger partial charge on any atom is 0.357 e. The molecule has 2 atom stereocenters. The summed E-state index contributed by atoms with van der Waals surface area (Å²) >= 11 is 0. The molecule has 0 saturated heterocycles. The second-order valence-corrected chi connectivity index (χ2v) is 6.30. The summed E-state index contributed by atoms with van der Waals surface area (Å²) in [7, 11) is -4.28. The molecule has 1 saturated carbocycles. The first-order valence-corrected chi connectivity index (χ1v) is 7.93. The van der Waals surface area contributed by atoms with Crippen LogP contribution >= 0.6 is 0 Å². The van der Waals surface area contributed by atoms with Gasteiger partial charge in [-0.3, -0.25) is 14.3 Å². The Morgan fingerprint density at radius 3 is 2.62 bits per heavy atom. The summed E-state index contributed by atoms with van der Waals surface area (Å²) in [5.74, 6) is 0.402. The van der Waals surface area contributed by atoms with Crippen LogP contribution in [0.15, 0.2) is 42.6 Å². The molecule has 2 aromatic rings. The lowest BCUT2D eigenvalue weighted by Crippen LogP contribution is -2.10. The summed E-state index contributed by atoms with van der Waals surface area (Å²) in [4.78, 5) is 4.39. The fourth-order valence-corrected chi connectivity index (χ4v) is 2.71. The van der Waals surface area contributed by atoms with Crippen LogP contribution in [0.5, 0.6) is 0 Å². The first-order chi connectivity index (χ1) is 9.92. The summed E-state index contributed by atoms with van der Waals surface area (Å²) in [6.07, 6.45) is 2.80. The van der Waals surface area contributed by atoms with Crippen LogP contribution < -0.4 is 10.5 Å². The van der Waals surface area contributed by atoms with Gasteiger partial charge in [0.2, 0.25) is 0 Å². The molecule has 1 aliphatic rings. The van der Waals surface area contributed by atoms with Crippen molar-refractivity contribution in [1.29, 1.82) is 0 Å². The predicted molar refractivity (Wildman–Crippen MR) is 80.2 cm³/mol. The molecule has 21 heavy (non-hydrogen) atoms. The minimum atomic E-state index is -4.28. The molecule has 7 heteroatoms. The van der Waals surface area contributed by atoms with Crippen LogP contribution in [0, 0.1) is 0 Å². The SMILES string of the molecule is N[C@@H]1C[C@H]1c1ccc(-c2cccc(NS(=O)(=O)O)c2)nc1. The van der Waals surface area contributed by atoms with Crippen molar-refractivity contribution >= 4 is 16.0 Å². The van der Waals surface area contributed by atoms with Crippen molar-refractivity contribution in [2.45, 2.75) is 18.4 Å². The predicted octanol–water partition coefficient (Wildman–Crippen LogP) is 1.78. The van der Waals surface area contributed by atoms with Gasteiger partial charge in [0, 0.05) is 23.7 Å². The van der Waals surface area contributed by atoms with E-state index in [2.05, 4.69) is 4.98 Å². The highest BCUT2D eigenvalue weighted by molar-refractivity contribution is 7.87. The van der Waals surface area contributed by atoms with Gasteiger partial charge in [-0.05, 0) is 30.2 Å². The molecule has 1 aliphatic carbocycles.